The van der Waals surface area contributed by atoms with Crippen molar-refractivity contribution in [2.45, 2.75) is 19.3 Å². The van der Waals surface area contributed by atoms with Crippen molar-refractivity contribution in [3.05, 3.63) is 34.7 Å². The summed E-state index contributed by atoms with van der Waals surface area (Å²) in [5.74, 6) is 0.0562. The zero-order valence-corrected chi connectivity index (χ0v) is 11.9. The molecule has 1 aromatic heterocycles. The van der Waals surface area contributed by atoms with Crippen molar-refractivity contribution >= 4 is 17.0 Å². The summed E-state index contributed by atoms with van der Waals surface area (Å²) in [5, 5.41) is 30.7. The minimum absolute atomic E-state index is 0.0562. The Morgan fingerprint density at radius 3 is 2.57 bits per heavy atom. The van der Waals surface area contributed by atoms with Crippen LogP contribution in [0.3, 0.4) is 0 Å². The van der Waals surface area contributed by atoms with E-state index in [4.69, 9.17) is 0 Å². The number of hydrogen-bond acceptors (Lipinski definition) is 5. The Hall–Kier alpha value is -2.15. The summed E-state index contributed by atoms with van der Waals surface area (Å²) in [6.45, 7) is 3.67. The zero-order valence-electron chi connectivity index (χ0n) is 11.9. The maximum atomic E-state index is 12.2. The number of nitrogens with one attached hydrogen (secondary N) is 1. The lowest BCUT2D eigenvalue weighted by Gasteiger charge is -2.25. The fourth-order valence-corrected chi connectivity index (χ4v) is 2.71. The van der Waals surface area contributed by atoms with Crippen LogP contribution in [-0.2, 0) is 0 Å². The van der Waals surface area contributed by atoms with E-state index in [9.17, 15) is 10.4 Å². The van der Waals surface area contributed by atoms with Crippen LogP contribution in [0, 0.1) is 10.4 Å². The minimum atomic E-state index is 0.0562. The predicted octanol–water partition coefficient (Wildman–Crippen LogP) is 0.399. The van der Waals surface area contributed by atoms with Gasteiger partial charge in [-0.25, -0.2) is 4.73 Å². The Kier molecular flexibility index (Phi) is 4.01. The molecule has 7 heteroatoms. The van der Waals surface area contributed by atoms with Crippen molar-refractivity contribution < 1.29 is 9.58 Å². The van der Waals surface area contributed by atoms with E-state index in [-0.39, 0.29) is 11.5 Å². The summed E-state index contributed by atoms with van der Waals surface area (Å²) in [5.41, 5.74) is 0.594. The normalized spacial score (nSPS) is 16.2. The van der Waals surface area contributed by atoms with E-state index in [2.05, 4.69) is 15.3 Å². The lowest BCUT2D eigenvalue weighted by molar-refractivity contribution is -0.672. The van der Waals surface area contributed by atoms with E-state index in [1.165, 1.54) is 19.3 Å². The first kappa shape index (κ1) is 13.8. The second-order valence-corrected chi connectivity index (χ2v) is 5.31. The van der Waals surface area contributed by atoms with Crippen LogP contribution in [0.25, 0.3) is 11.0 Å². The first-order chi connectivity index (χ1) is 10.3. The van der Waals surface area contributed by atoms with E-state index in [0.29, 0.717) is 21.6 Å². The molecular formula is C14H19N5O2. The van der Waals surface area contributed by atoms with Crippen molar-refractivity contribution in [1.29, 1.82) is 0 Å². The van der Waals surface area contributed by atoms with Crippen LogP contribution in [0.15, 0.2) is 24.3 Å². The molecule has 3 rings (SSSR count). The minimum Gasteiger partial charge on any atom is -0.739 e. The van der Waals surface area contributed by atoms with Crippen LogP contribution >= 0.6 is 0 Å². The number of aromatic nitrogens is 3. The van der Waals surface area contributed by atoms with Gasteiger partial charge in [0.1, 0.15) is 0 Å². The number of para-hydroxylation sites is 2. The third kappa shape index (κ3) is 2.97. The number of fused-ring (bicyclic) bond motifs is 1. The molecule has 0 amide bonds. The quantitative estimate of drug-likeness (QED) is 0.651. The molecule has 0 saturated carbocycles. The van der Waals surface area contributed by atoms with Gasteiger partial charge in [-0.2, -0.15) is 0 Å². The number of piperidine rings is 1. The highest BCUT2D eigenvalue weighted by atomic mass is 16.5. The van der Waals surface area contributed by atoms with Gasteiger partial charge in [0.15, 0.2) is 5.52 Å². The molecular weight excluding hydrogens is 270 g/mol. The maximum Gasteiger partial charge on any atom is 0.461 e. The van der Waals surface area contributed by atoms with Gasteiger partial charge in [-0.15, -0.1) is 0 Å². The highest BCUT2D eigenvalue weighted by molar-refractivity contribution is 5.67. The van der Waals surface area contributed by atoms with E-state index < -0.39 is 0 Å². The van der Waals surface area contributed by atoms with Crippen molar-refractivity contribution in [3.63, 3.8) is 0 Å². The Bertz CT molecular complexity index is 628. The van der Waals surface area contributed by atoms with Crippen molar-refractivity contribution in [2.24, 2.45) is 0 Å². The summed E-state index contributed by atoms with van der Waals surface area (Å²) < 4.78 is 0.680. The van der Waals surface area contributed by atoms with Crippen LogP contribution in [0.4, 0.5) is 5.95 Å². The Morgan fingerprint density at radius 2 is 1.81 bits per heavy atom. The molecule has 7 nitrogen and oxygen atoms in total. The highest BCUT2D eigenvalue weighted by Gasteiger charge is 2.19. The van der Waals surface area contributed by atoms with E-state index >= 15 is 0 Å². The molecule has 0 aliphatic carbocycles. The molecule has 1 N–H and O–H groups in total. The zero-order chi connectivity index (χ0) is 14.7. The van der Waals surface area contributed by atoms with Crippen LogP contribution in [0.2, 0.25) is 0 Å². The van der Waals surface area contributed by atoms with Gasteiger partial charge in [-0.3, -0.25) is 5.32 Å². The Morgan fingerprint density at radius 1 is 1.10 bits per heavy atom. The molecule has 2 aromatic rings. The third-order valence-electron chi connectivity index (χ3n) is 3.84. The van der Waals surface area contributed by atoms with Gasteiger partial charge >= 0.3 is 5.95 Å². The molecule has 0 atom stereocenters. The Labute approximate surface area is 123 Å². The van der Waals surface area contributed by atoms with Gasteiger partial charge in [-0.05, 0) is 32.0 Å². The number of nitrogens with zero attached hydrogens (tertiary/aromatic N) is 4. The van der Waals surface area contributed by atoms with E-state index in [1.807, 2.05) is 0 Å². The molecule has 1 fully saturated rings. The molecule has 2 heterocycles. The monoisotopic (exact) mass is 289 g/mol. The van der Waals surface area contributed by atoms with Gasteiger partial charge in [0, 0.05) is 17.5 Å². The fourth-order valence-electron chi connectivity index (χ4n) is 2.71. The summed E-state index contributed by atoms with van der Waals surface area (Å²) >= 11 is 0. The molecule has 1 aromatic carbocycles. The molecule has 1 saturated heterocycles. The average molecular weight is 289 g/mol. The predicted molar refractivity (Wildman–Crippen MR) is 78.4 cm³/mol. The number of benzene rings is 1. The first-order valence-corrected chi connectivity index (χ1v) is 7.34. The van der Waals surface area contributed by atoms with Crippen LogP contribution in [-0.4, -0.2) is 36.2 Å². The fraction of sp³-hybridized carbons (Fsp3) is 0.500. The summed E-state index contributed by atoms with van der Waals surface area (Å²) in [6, 6.07) is 6.64. The van der Waals surface area contributed by atoms with Crippen molar-refractivity contribution in [1.82, 2.24) is 10.00 Å². The maximum absolute atomic E-state index is 12.2. The average Bonchev–Trinajstić information content (AvgIpc) is 2.53. The number of rotatable bonds is 4. The first-order valence-electron chi connectivity index (χ1n) is 7.34. The number of likely N-dealkylation sites (tertiary alicyclic amines) is 1. The number of hydrogen-bond donors (Lipinski definition) is 1. The second kappa shape index (κ2) is 6.09. The van der Waals surface area contributed by atoms with E-state index in [0.717, 1.165) is 19.6 Å². The van der Waals surface area contributed by atoms with Gasteiger partial charge in [0.05, 0.1) is 6.54 Å². The van der Waals surface area contributed by atoms with E-state index in [1.54, 1.807) is 24.3 Å². The third-order valence-corrected chi connectivity index (χ3v) is 3.84. The molecule has 0 bridgehead atoms. The molecule has 0 radical (unpaired) electrons. The summed E-state index contributed by atoms with van der Waals surface area (Å²) in [6.07, 6.45) is 3.76. The molecule has 21 heavy (non-hydrogen) atoms. The molecule has 112 valence electrons. The van der Waals surface area contributed by atoms with Gasteiger partial charge in [0.2, 0.25) is 5.10 Å². The van der Waals surface area contributed by atoms with Crippen LogP contribution in [0.5, 0.6) is 0 Å². The molecule has 1 aliphatic heterocycles. The summed E-state index contributed by atoms with van der Waals surface area (Å²) in [4.78, 5) is 2.85. The van der Waals surface area contributed by atoms with Gasteiger partial charge in [0.25, 0.3) is 5.52 Å². The number of anilines is 1. The topological polar surface area (TPSA) is 82.0 Å². The Balaban J connectivity index is 1.70. The lowest BCUT2D eigenvalue weighted by atomic mass is 10.1. The largest absolute Gasteiger partial charge is 0.739 e. The smallest absolute Gasteiger partial charge is 0.461 e. The lowest BCUT2D eigenvalue weighted by Crippen LogP contribution is -2.45. The van der Waals surface area contributed by atoms with Gasteiger partial charge in [-0.1, -0.05) is 18.6 Å². The highest BCUT2D eigenvalue weighted by Crippen LogP contribution is 2.08. The molecule has 1 aliphatic rings. The molecule has 0 spiro atoms. The second-order valence-electron chi connectivity index (χ2n) is 5.31. The van der Waals surface area contributed by atoms with Gasteiger partial charge < -0.3 is 15.3 Å². The van der Waals surface area contributed by atoms with Crippen molar-refractivity contribution in [3.8, 4) is 0 Å². The standard InChI is InChI=1S/C14H19N5O2/c20-18-12-6-2-3-7-13(12)19(21)16-14(18)15-8-11-17-9-4-1-5-10-17/h2-3,6-7H,1,4-5,8-11H2,(H,15,16). The van der Waals surface area contributed by atoms with Crippen molar-refractivity contribution in [2.75, 3.05) is 31.5 Å². The summed E-state index contributed by atoms with van der Waals surface area (Å²) in [7, 11) is 0. The van der Waals surface area contributed by atoms with Crippen LogP contribution < -0.4 is 14.9 Å². The SMILES string of the molecule is [O-][n+]1nc(NCCN2CCCCC2)[n+]([O-])c2ccccc21. The van der Waals surface area contributed by atoms with Crippen LogP contribution in [0.1, 0.15) is 19.3 Å². The molecule has 0 unspecified atom stereocenters.